The summed E-state index contributed by atoms with van der Waals surface area (Å²) in [5, 5.41) is 22.8. The third kappa shape index (κ3) is 6.78. The monoisotopic (exact) mass is 655 g/mol. The van der Waals surface area contributed by atoms with Crippen molar-refractivity contribution in [2.75, 3.05) is 16.4 Å². The minimum Gasteiger partial charge on any atom is -0.449 e. The van der Waals surface area contributed by atoms with Crippen molar-refractivity contribution in [1.29, 1.82) is 5.26 Å². The van der Waals surface area contributed by atoms with Crippen LogP contribution in [0.25, 0.3) is 0 Å². The number of amides is 3. The van der Waals surface area contributed by atoms with Gasteiger partial charge < -0.3 is 15.2 Å². The predicted molar refractivity (Wildman–Crippen MR) is 161 cm³/mol. The molecule has 0 bridgehead atoms. The number of hydrogen-bond donors (Lipinski definition) is 2. The van der Waals surface area contributed by atoms with E-state index in [1.807, 2.05) is 6.07 Å². The number of cyclic esters (lactones) is 1. The van der Waals surface area contributed by atoms with Gasteiger partial charge in [-0.1, -0.05) is 29.8 Å². The number of halogens is 4. The molecule has 1 saturated heterocycles. The lowest BCUT2D eigenvalue weighted by Gasteiger charge is -2.41. The smallest absolute Gasteiger partial charge is 0.416 e. The van der Waals surface area contributed by atoms with Crippen LogP contribution >= 0.6 is 11.6 Å². The van der Waals surface area contributed by atoms with Crippen LogP contribution in [0.4, 0.5) is 29.5 Å². The standard InChI is InChI=1S/C32H29ClF3N5O5/c1-31(2,45)19-12-20(34)14-22(13-19)40(27(23-5-3-4-6-24(23)33)28(42)39-21-15-32(35,36)16-21)29(43)25-8-10-46-30(44)41(25)26-11-18(17-37)7-9-38-26/h3-7,9,11-14,21,25,27,45H,8,10,15-16H2,1-2H3,(H,39,42)/t25-,27?/m0/s1. The third-order valence-corrected chi connectivity index (χ3v) is 8.12. The molecule has 10 nitrogen and oxygen atoms in total. The molecule has 1 saturated carbocycles. The van der Waals surface area contributed by atoms with Gasteiger partial charge in [-0.2, -0.15) is 5.26 Å². The molecule has 2 aromatic carbocycles. The summed E-state index contributed by atoms with van der Waals surface area (Å²) in [6, 6.07) is 10.1. The molecule has 2 heterocycles. The van der Waals surface area contributed by atoms with Gasteiger partial charge in [-0.25, -0.2) is 27.8 Å². The summed E-state index contributed by atoms with van der Waals surface area (Å²) in [5.41, 5.74) is -1.49. The Morgan fingerprint density at radius 2 is 1.93 bits per heavy atom. The fourth-order valence-electron chi connectivity index (χ4n) is 5.46. The van der Waals surface area contributed by atoms with Crippen molar-refractivity contribution >= 4 is 41.0 Å². The maximum Gasteiger partial charge on any atom is 0.416 e. The summed E-state index contributed by atoms with van der Waals surface area (Å²) in [6.45, 7) is 2.61. The summed E-state index contributed by atoms with van der Waals surface area (Å²) >= 11 is 6.55. The highest BCUT2D eigenvalue weighted by Crippen LogP contribution is 2.40. The average molecular weight is 656 g/mol. The van der Waals surface area contributed by atoms with E-state index in [-0.39, 0.29) is 46.2 Å². The fraction of sp³-hybridized carbons (Fsp3) is 0.344. The first-order valence-electron chi connectivity index (χ1n) is 14.3. The van der Waals surface area contributed by atoms with Gasteiger partial charge >= 0.3 is 6.09 Å². The number of anilines is 2. The number of nitriles is 1. The molecule has 46 heavy (non-hydrogen) atoms. The molecule has 0 radical (unpaired) electrons. The van der Waals surface area contributed by atoms with Gasteiger partial charge in [-0.05, 0) is 55.8 Å². The van der Waals surface area contributed by atoms with Crippen LogP contribution in [0.5, 0.6) is 0 Å². The first-order chi connectivity index (χ1) is 21.7. The van der Waals surface area contributed by atoms with E-state index < -0.39 is 66.2 Å². The zero-order chi connectivity index (χ0) is 33.4. The van der Waals surface area contributed by atoms with Gasteiger partial charge in [0, 0.05) is 47.8 Å². The first kappa shape index (κ1) is 32.7. The Balaban J connectivity index is 1.69. The second-order valence-electron chi connectivity index (χ2n) is 11.7. The number of nitrogens with one attached hydrogen (secondary N) is 1. The number of alkyl halides is 2. The third-order valence-electron chi connectivity index (χ3n) is 7.78. The highest BCUT2D eigenvalue weighted by Gasteiger charge is 2.48. The summed E-state index contributed by atoms with van der Waals surface area (Å²) in [5.74, 6) is -5.69. The molecule has 5 rings (SSSR count). The topological polar surface area (TPSA) is 136 Å². The number of nitrogens with zero attached hydrogens (tertiary/aromatic N) is 4. The van der Waals surface area contributed by atoms with Gasteiger partial charge in [0.05, 0.1) is 23.8 Å². The molecule has 2 atom stereocenters. The van der Waals surface area contributed by atoms with Crippen LogP contribution in [0.3, 0.4) is 0 Å². The van der Waals surface area contributed by atoms with E-state index in [1.54, 1.807) is 12.1 Å². The number of carbonyl (C=O) groups is 3. The predicted octanol–water partition coefficient (Wildman–Crippen LogP) is 5.38. The number of carbonyl (C=O) groups excluding carboxylic acids is 3. The largest absolute Gasteiger partial charge is 0.449 e. The van der Waals surface area contributed by atoms with Crippen LogP contribution in [0.15, 0.2) is 60.8 Å². The van der Waals surface area contributed by atoms with Crippen LogP contribution in [0, 0.1) is 17.1 Å². The van der Waals surface area contributed by atoms with Gasteiger partial charge in [-0.3, -0.25) is 14.5 Å². The van der Waals surface area contributed by atoms with E-state index in [4.69, 9.17) is 16.3 Å². The van der Waals surface area contributed by atoms with Crippen LogP contribution in [-0.4, -0.2) is 52.6 Å². The maximum atomic E-state index is 15.2. The van der Waals surface area contributed by atoms with Crippen molar-refractivity contribution in [3.63, 3.8) is 0 Å². The SMILES string of the molecule is CC(C)(O)c1cc(F)cc(N(C(=O)[C@@H]2CCOC(=O)N2c2cc(C#N)ccn2)C(C(=O)NC2CC(F)(F)C2)c2ccccc2Cl)c1. The van der Waals surface area contributed by atoms with Crippen molar-refractivity contribution < 1.29 is 37.4 Å². The second kappa shape index (κ2) is 12.6. The van der Waals surface area contributed by atoms with Crippen molar-refractivity contribution in [2.45, 2.75) is 62.8 Å². The molecule has 14 heteroatoms. The molecular weight excluding hydrogens is 627 g/mol. The number of benzene rings is 2. The number of aliphatic hydroxyl groups is 1. The average Bonchev–Trinajstić information content (AvgIpc) is 2.98. The van der Waals surface area contributed by atoms with Crippen molar-refractivity contribution in [2.24, 2.45) is 0 Å². The highest BCUT2D eigenvalue weighted by atomic mass is 35.5. The Labute approximate surface area is 267 Å². The van der Waals surface area contributed by atoms with Crippen LogP contribution in [0.1, 0.15) is 55.8 Å². The summed E-state index contributed by atoms with van der Waals surface area (Å²) in [6.07, 6.45) is -1.02. The summed E-state index contributed by atoms with van der Waals surface area (Å²) in [7, 11) is 0. The van der Waals surface area contributed by atoms with Crippen molar-refractivity contribution in [3.8, 4) is 6.07 Å². The van der Waals surface area contributed by atoms with E-state index in [0.29, 0.717) is 0 Å². The molecule has 240 valence electrons. The van der Waals surface area contributed by atoms with E-state index in [0.717, 1.165) is 21.9 Å². The molecule has 1 aliphatic carbocycles. The van der Waals surface area contributed by atoms with Gasteiger partial charge in [0.15, 0.2) is 0 Å². The van der Waals surface area contributed by atoms with Gasteiger partial charge in [-0.15, -0.1) is 0 Å². The van der Waals surface area contributed by atoms with E-state index in [1.165, 1.54) is 50.4 Å². The lowest BCUT2D eigenvalue weighted by atomic mass is 9.87. The number of ether oxygens (including phenoxy) is 1. The zero-order valence-electron chi connectivity index (χ0n) is 24.7. The number of hydrogen-bond acceptors (Lipinski definition) is 7. The molecule has 3 amide bonds. The zero-order valence-corrected chi connectivity index (χ0v) is 25.5. The second-order valence-corrected chi connectivity index (χ2v) is 12.1. The maximum absolute atomic E-state index is 15.2. The Morgan fingerprint density at radius 3 is 2.59 bits per heavy atom. The minimum absolute atomic E-state index is 0.0433. The van der Waals surface area contributed by atoms with Gasteiger partial charge in [0.1, 0.15) is 23.7 Å². The fourth-order valence-corrected chi connectivity index (χ4v) is 5.70. The van der Waals surface area contributed by atoms with Crippen LogP contribution in [-0.2, 0) is 19.9 Å². The minimum atomic E-state index is -2.97. The van der Waals surface area contributed by atoms with E-state index >= 15 is 4.39 Å². The van der Waals surface area contributed by atoms with E-state index in [2.05, 4.69) is 10.3 Å². The highest BCUT2D eigenvalue weighted by molar-refractivity contribution is 6.31. The molecule has 2 aliphatic rings. The Bertz CT molecular complexity index is 1720. The first-order valence-corrected chi connectivity index (χ1v) is 14.7. The van der Waals surface area contributed by atoms with E-state index in [9.17, 15) is 33.5 Å². The Kier molecular flexibility index (Phi) is 8.97. The summed E-state index contributed by atoms with van der Waals surface area (Å²) < 4.78 is 47.9. The number of aromatic nitrogens is 1. The quantitative estimate of drug-likeness (QED) is 0.333. The molecule has 2 N–H and O–H groups in total. The number of pyridine rings is 1. The van der Waals surface area contributed by atoms with Crippen molar-refractivity contribution in [3.05, 3.63) is 88.3 Å². The van der Waals surface area contributed by atoms with Crippen LogP contribution in [0.2, 0.25) is 5.02 Å². The van der Waals surface area contributed by atoms with Crippen LogP contribution < -0.4 is 15.1 Å². The lowest BCUT2D eigenvalue weighted by molar-refractivity contribution is -0.133. The Morgan fingerprint density at radius 1 is 1.22 bits per heavy atom. The molecule has 2 fully saturated rings. The molecule has 3 aromatic rings. The lowest BCUT2D eigenvalue weighted by Crippen LogP contribution is -2.58. The summed E-state index contributed by atoms with van der Waals surface area (Å²) in [4.78, 5) is 48.0. The molecular formula is C32H29ClF3N5O5. The van der Waals surface area contributed by atoms with Gasteiger partial charge in [0.2, 0.25) is 5.91 Å². The Hall–Kier alpha value is -4.67. The van der Waals surface area contributed by atoms with Crippen molar-refractivity contribution in [1.82, 2.24) is 10.3 Å². The molecule has 1 unspecified atom stereocenters. The van der Waals surface area contributed by atoms with Gasteiger partial charge in [0.25, 0.3) is 11.8 Å². The molecule has 0 spiro atoms. The molecule has 1 aliphatic heterocycles. The molecule has 1 aromatic heterocycles. The number of rotatable bonds is 8. The normalized spacial score (nSPS) is 18.5.